The lowest BCUT2D eigenvalue weighted by Crippen LogP contribution is -2.07. The number of hydrogen-bond donors (Lipinski definition) is 1. The molecule has 0 aromatic heterocycles. The number of ether oxygens (including phenoxy) is 1. The van der Waals surface area contributed by atoms with Gasteiger partial charge in [-0.25, -0.2) is 9.18 Å². The first-order chi connectivity index (χ1) is 6.61. The van der Waals surface area contributed by atoms with Gasteiger partial charge in [0.1, 0.15) is 11.6 Å². The molecule has 14 heavy (non-hydrogen) atoms. The van der Waals surface area contributed by atoms with Gasteiger partial charge >= 0.3 is 5.97 Å². The predicted molar refractivity (Wildman–Crippen MR) is 49.7 cm³/mol. The maximum atomic E-state index is 13.4. The van der Waals surface area contributed by atoms with E-state index in [1.807, 2.05) is 0 Å². The highest BCUT2D eigenvalue weighted by Gasteiger charge is 2.18. The van der Waals surface area contributed by atoms with Crippen LogP contribution in [-0.4, -0.2) is 13.1 Å². The van der Waals surface area contributed by atoms with Crippen LogP contribution in [0.4, 0.5) is 4.39 Å². The molecule has 0 fully saturated rings. The lowest BCUT2D eigenvalue weighted by Gasteiger charge is -2.04. The fourth-order valence-electron chi connectivity index (χ4n) is 0.948. The third-order valence-electron chi connectivity index (χ3n) is 1.63. The molecule has 0 heterocycles. The average Bonchev–Trinajstić information content (AvgIpc) is 2.18. The van der Waals surface area contributed by atoms with E-state index in [1.54, 1.807) is 6.07 Å². The van der Waals surface area contributed by atoms with E-state index < -0.39 is 11.8 Å². The van der Waals surface area contributed by atoms with E-state index in [9.17, 15) is 9.18 Å². The topological polar surface area (TPSA) is 50.1 Å². The Kier molecular flexibility index (Phi) is 3.10. The normalized spacial score (nSPS) is 9.29. The number of halogens is 1. The number of nitrogens with zero attached hydrogens (tertiary/aromatic N) is 1. The Bertz CT molecular complexity index is 426. The van der Waals surface area contributed by atoms with Crippen molar-refractivity contribution in [2.24, 2.45) is 0 Å². The van der Waals surface area contributed by atoms with Crippen molar-refractivity contribution in [3.8, 4) is 6.07 Å². The summed E-state index contributed by atoms with van der Waals surface area (Å²) in [6.45, 7) is 0. The molecule has 1 rings (SSSR count). The van der Waals surface area contributed by atoms with Gasteiger partial charge in [0.25, 0.3) is 0 Å². The van der Waals surface area contributed by atoms with Crippen LogP contribution in [0, 0.1) is 17.1 Å². The van der Waals surface area contributed by atoms with Gasteiger partial charge in [-0.3, -0.25) is 0 Å². The van der Waals surface area contributed by atoms with Gasteiger partial charge in [-0.15, -0.1) is 12.6 Å². The number of esters is 1. The molecule has 0 bridgehead atoms. The predicted octanol–water partition coefficient (Wildman–Crippen LogP) is 1.77. The smallest absolute Gasteiger partial charge is 0.342 e. The minimum absolute atomic E-state index is 0.147. The monoisotopic (exact) mass is 211 g/mol. The van der Waals surface area contributed by atoms with Crippen molar-refractivity contribution in [3.05, 3.63) is 29.1 Å². The first-order valence-electron chi connectivity index (χ1n) is 3.61. The molecule has 0 N–H and O–H groups in total. The highest BCUT2D eigenvalue weighted by Crippen LogP contribution is 2.21. The number of carbonyl (C=O) groups excluding carboxylic acids is 1. The lowest BCUT2D eigenvalue weighted by atomic mass is 10.1. The standard InChI is InChI=1S/C9H6FNO2S/c1-13-9(12)7-6(14)3-2-5(4-11)8(7)10/h2-3,14H,1H3. The number of hydrogen-bond acceptors (Lipinski definition) is 4. The molecule has 0 spiro atoms. The molecule has 0 atom stereocenters. The summed E-state index contributed by atoms with van der Waals surface area (Å²) >= 11 is 3.90. The molecule has 72 valence electrons. The van der Waals surface area contributed by atoms with Crippen LogP contribution in [0.25, 0.3) is 0 Å². The van der Waals surface area contributed by atoms with E-state index in [4.69, 9.17) is 5.26 Å². The third kappa shape index (κ3) is 1.70. The minimum Gasteiger partial charge on any atom is -0.465 e. The van der Waals surface area contributed by atoms with Gasteiger partial charge in [-0.2, -0.15) is 5.26 Å². The minimum atomic E-state index is -0.896. The Morgan fingerprint density at radius 1 is 1.64 bits per heavy atom. The fourth-order valence-corrected chi connectivity index (χ4v) is 1.21. The van der Waals surface area contributed by atoms with E-state index in [0.717, 1.165) is 7.11 Å². The zero-order valence-corrected chi connectivity index (χ0v) is 8.14. The summed E-state index contributed by atoms with van der Waals surface area (Å²) in [5, 5.41) is 8.52. The summed E-state index contributed by atoms with van der Waals surface area (Å²) in [5.74, 6) is -1.74. The molecule has 0 aliphatic carbocycles. The molecular formula is C9H6FNO2S. The van der Waals surface area contributed by atoms with Gasteiger partial charge in [0.15, 0.2) is 5.82 Å². The maximum absolute atomic E-state index is 13.4. The molecule has 0 aliphatic heterocycles. The Labute approximate surface area is 85.5 Å². The van der Waals surface area contributed by atoms with Gasteiger partial charge in [0, 0.05) is 4.90 Å². The number of nitriles is 1. The van der Waals surface area contributed by atoms with Crippen molar-refractivity contribution >= 4 is 18.6 Å². The molecular weight excluding hydrogens is 205 g/mol. The maximum Gasteiger partial charge on any atom is 0.342 e. The SMILES string of the molecule is COC(=O)c1c(S)ccc(C#N)c1F. The van der Waals surface area contributed by atoms with Crippen molar-refractivity contribution in [1.29, 1.82) is 5.26 Å². The lowest BCUT2D eigenvalue weighted by molar-refractivity contribution is 0.0591. The molecule has 0 amide bonds. The molecule has 5 heteroatoms. The second-order valence-electron chi connectivity index (χ2n) is 2.42. The van der Waals surface area contributed by atoms with Crippen molar-refractivity contribution < 1.29 is 13.9 Å². The zero-order valence-electron chi connectivity index (χ0n) is 7.24. The number of benzene rings is 1. The quantitative estimate of drug-likeness (QED) is 0.569. The summed E-state index contributed by atoms with van der Waals surface area (Å²) < 4.78 is 17.8. The molecule has 0 radical (unpaired) electrons. The summed E-state index contributed by atoms with van der Waals surface area (Å²) in [5.41, 5.74) is -0.516. The van der Waals surface area contributed by atoms with Gasteiger partial charge in [0.2, 0.25) is 0 Å². The van der Waals surface area contributed by atoms with Gasteiger partial charge in [0.05, 0.1) is 12.7 Å². The first kappa shape index (κ1) is 10.5. The van der Waals surface area contributed by atoms with Crippen LogP contribution in [0.5, 0.6) is 0 Å². The molecule has 0 unspecified atom stereocenters. The van der Waals surface area contributed by atoms with E-state index in [-0.39, 0.29) is 16.0 Å². The van der Waals surface area contributed by atoms with E-state index in [0.29, 0.717) is 0 Å². The van der Waals surface area contributed by atoms with Crippen LogP contribution >= 0.6 is 12.6 Å². The Hall–Kier alpha value is -1.54. The van der Waals surface area contributed by atoms with Crippen molar-refractivity contribution in [2.75, 3.05) is 7.11 Å². The molecule has 3 nitrogen and oxygen atoms in total. The zero-order chi connectivity index (χ0) is 10.7. The van der Waals surface area contributed by atoms with Gasteiger partial charge in [-0.05, 0) is 12.1 Å². The van der Waals surface area contributed by atoms with Crippen LogP contribution in [0.1, 0.15) is 15.9 Å². The largest absolute Gasteiger partial charge is 0.465 e. The first-order valence-corrected chi connectivity index (χ1v) is 4.06. The second-order valence-corrected chi connectivity index (χ2v) is 2.91. The molecule has 1 aromatic carbocycles. The summed E-state index contributed by atoms with van der Waals surface area (Å²) in [6, 6.07) is 4.25. The van der Waals surface area contributed by atoms with Crippen LogP contribution in [-0.2, 0) is 4.74 Å². The molecule has 0 saturated heterocycles. The molecule has 0 aliphatic rings. The van der Waals surface area contributed by atoms with Crippen molar-refractivity contribution in [1.82, 2.24) is 0 Å². The van der Waals surface area contributed by atoms with Crippen molar-refractivity contribution in [3.63, 3.8) is 0 Å². The average molecular weight is 211 g/mol. The Morgan fingerprint density at radius 2 is 2.29 bits per heavy atom. The fraction of sp³-hybridized carbons (Fsp3) is 0.111. The van der Waals surface area contributed by atoms with Crippen LogP contribution in [0.15, 0.2) is 17.0 Å². The van der Waals surface area contributed by atoms with E-state index in [2.05, 4.69) is 17.4 Å². The Balaban J connectivity index is 3.42. The number of methoxy groups -OCH3 is 1. The van der Waals surface area contributed by atoms with Crippen LogP contribution < -0.4 is 0 Å². The second kappa shape index (κ2) is 4.11. The van der Waals surface area contributed by atoms with Gasteiger partial charge < -0.3 is 4.74 Å². The van der Waals surface area contributed by atoms with Crippen molar-refractivity contribution in [2.45, 2.75) is 4.90 Å². The van der Waals surface area contributed by atoms with Crippen LogP contribution in [0.2, 0.25) is 0 Å². The van der Waals surface area contributed by atoms with E-state index in [1.165, 1.54) is 12.1 Å². The molecule has 1 aromatic rings. The van der Waals surface area contributed by atoms with Gasteiger partial charge in [-0.1, -0.05) is 0 Å². The highest BCUT2D eigenvalue weighted by atomic mass is 32.1. The third-order valence-corrected chi connectivity index (χ3v) is 2.00. The highest BCUT2D eigenvalue weighted by molar-refractivity contribution is 7.80. The van der Waals surface area contributed by atoms with Crippen LogP contribution in [0.3, 0.4) is 0 Å². The Morgan fingerprint density at radius 3 is 2.79 bits per heavy atom. The summed E-state index contributed by atoms with van der Waals surface area (Å²) in [4.78, 5) is 11.2. The number of rotatable bonds is 1. The summed E-state index contributed by atoms with van der Waals surface area (Å²) in [6.07, 6.45) is 0. The number of carbonyl (C=O) groups is 1. The molecule has 0 saturated carbocycles. The van der Waals surface area contributed by atoms with E-state index >= 15 is 0 Å². The summed E-state index contributed by atoms with van der Waals surface area (Å²) in [7, 11) is 1.13. The number of thiol groups is 1.